The van der Waals surface area contributed by atoms with Crippen LogP contribution in [0, 0.1) is 13.8 Å². The van der Waals surface area contributed by atoms with Gasteiger partial charge in [0, 0.05) is 5.56 Å². The summed E-state index contributed by atoms with van der Waals surface area (Å²) in [5, 5.41) is 12.2. The van der Waals surface area contributed by atoms with Crippen LogP contribution in [0.1, 0.15) is 32.3 Å². The molecule has 6 heteroatoms. The highest BCUT2D eigenvalue weighted by atomic mass is 32.2. The van der Waals surface area contributed by atoms with E-state index in [2.05, 4.69) is 15.5 Å². The summed E-state index contributed by atoms with van der Waals surface area (Å²) in [5.41, 5.74) is 4.72. The number of aryl methyl sites for hydroxylation is 2. The van der Waals surface area contributed by atoms with Gasteiger partial charge in [0.05, 0.1) is 5.69 Å². The molecule has 1 heterocycles. The van der Waals surface area contributed by atoms with E-state index in [9.17, 15) is 4.79 Å². The third-order valence-corrected chi connectivity index (χ3v) is 5.81. The number of carbonyl (C=O) groups excluding carboxylic acids is 1. The molecule has 0 aliphatic rings. The number of aromatic nitrogens is 4. The van der Waals surface area contributed by atoms with E-state index >= 15 is 0 Å². The normalized spacial score (nSPS) is 11.9. The van der Waals surface area contributed by atoms with Crippen LogP contribution >= 0.6 is 11.8 Å². The fourth-order valence-corrected chi connectivity index (χ4v) is 4.05. The zero-order valence-corrected chi connectivity index (χ0v) is 17.0. The quantitative estimate of drug-likeness (QED) is 0.337. The molecule has 0 spiro atoms. The summed E-state index contributed by atoms with van der Waals surface area (Å²) >= 11 is 1.36. The SMILES string of the molecule is Cc1ccc(C(=O)[C@H](Sc2nnnn2-c2ccccc2)c2ccc(C)cc2)cc1. The maximum absolute atomic E-state index is 13.4. The Kier molecular flexibility index (Phi) is 5.53. The molecular formula is C23H20N4OS. The number of benzene rings is 3. The van der Waals surface area contributed by atoms with Gasteiger partial charge >= 0.3 is 0 Å². The van der Waals surface area contributed by atoms with Gasteiger partial charge in [-0.05, 0) is 42.0 Å². The van der Waals surface area contributed by atoms with Crippen molar-refractivity contribution in [3.8, 4) is 5.69 Å². The molecule has 0 amide bonds. The van der Waals surface area contributed by atoms with E-state index in [0.29, 0.717) is 10.7 Å². The van der Waals surface area contributed by atoms with Gasteiger partial charge in [-0.15, -0.1) is 5.10 Å². The Hall–Kier alpha value is -3.25. The Morgan fingerprint density at radius 1 is 0.862 bits per heavy atom. The van der Waals surface area contributed by atoms with Gasteiger partial charge in [-0.1, -0.05) is 89.6 Å². The molecule has 0 radical (unpaired) electrons. The summed E-state index contributed by atoms with van der Waals surface area (Å²) in [6.45, 7) is 4.04. The molecule has 0 N–H and O–H groups in total. The number of hydrogen-bond acceptors (Lipinski definition) is 5. The van der Waals surface area contributed by atoms with Crippen LogP contribution in [0.15, 0.2) is 84.0 Å². The molecule has 0 unspecified atom stereocenters. The summed E-state index contributed by atoms with van der Waals surface area (Å²) in [7, 11) is 0. The fourth-order valence-electron chi connectivity index (χ4n) is 2.97. The van der Waals surface area contributed by atoms with Gasteiger partial charge in [0.15, 0.2) is 5.78 Å². The second-order valence-corrected chi connectivity index (χ2v) is 7.92. The lowest BCUT2D eigenvalue weighted by atomic mass is 10.0. The van der Waals surface area contributed by atoms with Crippen molar-refractivity contribution in [2.24, 2.45) is 0 Å². The number of hydrogen-bond donors (Lipinski definition) is 0. The first-order chi connectivity index (χ1) is 14.1. The fraction of sp³-hybridized carbons (Fsp3) is 0.130. The predicted octanol–water partition coefficient (Wildman–Crippen LogP) is 5.00. The molecule has 1 aromatic heterocycles. The van der Waals surface area contributed by atoms with Crippen LogP contribution in [0.2, 0.25) is 0 Å². The van der Waals surface area contributed by atoms with Crippen LogP contribution in [0.25, 0.3) is 5.69 Å². The molecule has 4 aromatic rings. The molecule has 4 rings (SSSR count). The number of Topliss-reactive ketones (excluding diaryl/α,β-unsaturated/α-hetero) is 1. The highest BCUT2D eigenvalue weighted by Gasteiger charge is 2.26. The van der Waals surface area contributed by atoms with E-state index in [1.807, 2.05) is 92.7 Å². The summed E-state index contributed by atoms with van der Waals surface area (Å²) in [4.78, 5) is 13.4. The summed E-state index contributed by atoms with van der Waals surface area (Å²) in [6.07, 6.45) is 0. The second-order valence-electron chi connectivity index (χ2n) is 6.85. The molecule has 0 saturated heterocycles. The topological polar surface area (TPSA) is 60.7 Å². The third-order valence-electron chi connectivity index (χ3n) is 4.62. The van der Waals surface area contributed by atoms with E-state index in [-0.39, 0.29) is 5.78 Å². The first-order valence-electron chi connectivity index (χ1n) is 9.30. The first kappa shape index (κ1) is 19.1. The van der Waals surface area contributed by atoms with Crippen molar-refractivity contribution < 1.29 is 4.79 Å². The number of carbonyl (C=O) groups is 1. The van der Waals surface area contributed by atoms with E-state index < -0.39 is 5.25 Å². The molecular weight excluding hydrogens is 380 g/mol. The van der Waals surface area contributed by atoms with Gasteiger partial charge in [0.25, 0.3) is 0 Å². The Bertz CT molecular complexity index is 1110. The second kappa shape index (κ2) is 8.41. The van der Waals surface area contributed by atoms with Crippen LogP contribution in [0.4, 0.5) is 0 Å². The monoisotopic (exact) mass is 400 g/mol. The van der Waals surface area contributed by atoms with Gasteiger partial charge in [-0.25, -0.2) is 0 Å². The lowest BCUT2D eigenvalue weighted by Gasteiger charge is -2.16. The summed E-state index contributed by atoms with van der Waals surface area (Å²) < 4.78 is 1.66. The maximum Gasteiger partial charge on any atom is 0.215 e. The molecule has 1 atom stereocenters. The molecule has 144 valence electrons. The van der Waals surface area contributed by atoms with Crippen LogP contribution in [-0.2, 0) is 0 Å². The average molecular weight is 401 g/mol. The molecule has 0 aliphatic heterocycles. The highest BCUT2D eigenvalue weighted by molar-refractivity contribution is 8.00. The third kappa shape index (κ3) is 4.27. The van der Waals surface area contributed by atoms with Crippen molar-refractivity contribution in [1.82, 2.24) is 20.2 Å². The molecule has 0 bridgehead atoms. The number of thioether (sulfide) groups is 1. The maximum atomic E-state index is 13.4. The minimum atomic E-state index is -0.452. The zero-order chi connectivity index (χ0) is 20.2. The number of rotatable bonds is 6. The van der Waals surface area contributed by atoms with Crippen molar-refractivity contribution in [3.63, 3.8) is 0 Å². The van der Waals surface area contributed by atoms with Gasteiger partial charge in [0.2, 0.25) is 5.16 Å². The van der Waals surface area contributed by atoms with Crippen LogP contribution in [0.5, 0.6) is 0 Å². The lowest BCUT2D eigenvalue weighted by Crippen LogP contribution is -2.11. The Morgan fingerprint density at radius 2 is 1.48 bits per heavy atom. The molecule has 3 aromatic carbocycles. The molecule has 29 heavy (non-hydrogen) atoms. The van der Waals surface area contributed by atoms with Crippen molar-refractivity contribution >= 4 is 17.5 Å². The largest absolute Gasteiger partial charge is 0.293 e. The Balaban J connectivity index is 1.72. The minimum Gasteiger partial charge on any atom is -0.293 e. The standard InChI is InChI=1S/C23H20N4OS/c1-16-8-12-18(13-9-16)21(28)22(19-14-10-17(2)11-15-19)29-23-24-25-26-27(23)20-6-4-3-5-7-20/h3-15,22H,1-2H3/t22-/m1/s1. The van der Waals surface area contributed by atoms with E-state index in [1.54, 1.807) is 4.68 Å². The Morgan fingerprint density at radius 3 is 2.14 bits per heavy atom. The van der Waals surface area contributed by atoms with Crippen LogP contribution < -0.4 is 0 Å². The van der Waals surface area contributed by atoms with Crippen molar-refractivity contribution in [2.75, 3.05) is 0 Å². The van der Waals surface area contributed by atoms with Gasteiger partial charge in [-0.2, -0.15) is 4.68 Å². The smallest absolute Gasteiger partial charge is 0.215 e. The van der Waals surface area contributed by atoms with Crippen LogP contribution in [-0.4, -0.2) is 26.0 Å². The van der Waals surface area contributed by atoms with Gasteiger partial charge in [-0.3, -0.25) is 4.79 Å². The van der Waals surface area contributed by atoms with Crippen molar-refractivity contribution in [3.05, 3.63) is 101 Å². The zero-order valence-electron chi connectivity index (χ0n) is 16.2. The average Bonchev–Trinajstić information content (AvgIpc) is 3.22. The first-order valence-corrected chi connectivity index (χ1v) is 10.2. The summed E-state index contributed by atoms with van der Waals surface area (Å²) in [6, 6.07) is 25.4. The number of ketones is 1. The predicted molar refractivity (Wildman–Crippen MR) is 114 cm³/mol. The van der Waals surface area contributed by atoms with Gasteiger partial charge in [0.1, 0.15) is 5.25 Å². The van der Waals surface area contributed by atoms with Crippen LogP contribution in [0.3, 0.4) is 0 Å². The van der Waals surface area contributed by atoms with E-state index in [0.717, 1.165) is 22.4 Å². The number of nitrogens with zero attached hydrogens (tertiary/aromatic N) is 4. The lowest BCUT2D eigenvalue weighted by molar-refractivity contribution is 0.0989. The Labute approximate surface area is 173 Å². The highest BCUT2D eigenvalue weighted by Crippen LogP contribution is 2.37. The number of para-hydroxylation sites is 1. The van der Waals surface area contributed by atoms with E-state index in [4.69, 9.17) is 0 Å². The number of tetrazole rings is 1. The van der Waals surface area contributed by atoms with Crippen molar-refractivity contribution in [2.45, 2.75) is 24.3 Å². The van der Waals surface area contributed by atoms with E-state index in [1.165, 1.54) is 11.8 Å². The van der Waals surface area contributed by atoms with Crippen molar-refractivity contribution in [1.29, 1.82) is 0 Å². The molecule has 0 fully saturated rings. The minimum absolute atomic E-state index is 0.0291. The van der Waals surface area contributed by atoms with Gasteiger partial charge < -0.3 is 0 Å². The molecule has 0 aliphatic carbocycles. The summed E-state index contributed by atoms with van der Waals surface area (Å²) in [5.74, 6) is 0.0291. The molecule has 0 saturated carbocycles. The molecule has 5 nitrogen and oxygen atoms in total.